The average Bonchev–Trinajstić information content (AvgIpc) is 3.11. The number of thiocarbonyl (C=S) groups is 1. The Morgan fingerprint density at radius 1 is 1.31 bits per heavy atom. The maximum atomic E-state index is 6.42. The van der Waals surface area contributed by atoms with Gasteiger partial charge in [-0.25, -0.2) is 0 Å². The van der Waals surface area contributed by atoms with E-state index in [1.54, 1.807) is 23.5 Å². The van der Waals surface area contributed by atoms with Crippen LogP contribution in [-0.4, -0.2) is 51.4 Å². The van der Waals surface area contributed by atoms with E-state index < -0.39 is 0 Å². The van der Waals surface area contributed by atoms with Crippen molar-refractivity contribution < 1.29 is 14.2 Å². The Kier molecular flexibility index (Phi) is 6.17. The molecule has 2 fully saturated rings. The van der Waals surface area contributed by atoms with Gasteiger partial charge < -0.3 is 14.2 Å². The van der Waals surface area contributed by atoms with E-state index >= 15 is 0 Å². The molecule has 1 saturated heterocycles. The van der Waals surface area contributed by atoms with E-state index in [4.69, 9.17) is 31.4 Å². The molecule has 0 aromatic heterocycles. The van der Waals surface area contributed by atoms with Gasteiger partial charge >= 0.3 is 0 Å². The summed E-state index contributed by atoms with van der Waals surface area (Å²) >= 11 is 10.3. The second-order valence-corrected chi connectivity index (χ2v) is 10.1. The maximum Gasteiger partial charge on any atom is 0.220 e. The van der Waals surface area contributed by atoms with Crippen molar-refractivity contribution in [3.8, 4) is 0 Å². The highest BCUT2D eigenvalue weighted by Crippen LogP contribution is 2.47. The van der Waals surface area contributed by atoms with Gasteiger partial charge in [0.25, 0.3) is 0 Å². The second kappa shape index (κ2) is 8.41. The summed E-state index contributed by atoms with van der Waals surface area (Å²) in [5.41, 5.74) is 1.04. The molecule has 1 saturated carbocycles. The summed E-state index contributed by atoms with van der Waals surface area (Å²) in [6, 6.07) is 10.3. The fourth-order valence-electron chi connectivity index (χ4n) is 3.73. The number of nitrogens with zero attached hydrogens (tertiary/aromatic N) is 1. The standard InChI is InChI=1S/C18H21NO3S4/c1-24-17-19-12-8-11-9-20-16(10-6-4-3-5-7-10)21-13(11)14(15(12)26-17)22-18(23)25-2/h3-7,11-16H,8-9H2,1-2H3/t11-,12+,13-,14+,15+,16-/m1/s1. The van der Waals surface area contributed by atoms with Crippen LogP contribution in [0.3, 0.4) is 0 Å². The number of thioether (sulfide) groups is 3. The third-order valence-corrected chi connectivity index (χ3v) is 8.36. The summed E-state index contributed by atoms with van der Waals surface area (Å²) in [5.74, 6) is 0.274. The van der Waals surface area contributed by atoms with Crippen molar-refractivity contribution in [2.24, 2.45) is 10.9 Å². The van der Waals surface area contributed by atoms with Gasteiger partial charge in [0.2, 0.25) is 4.38 Å². The summed E-state index contributed by atoms with van der Waals surface area (Å²) in [7, 11) is 0. The summed E-state index contributed by atoms with van der Waals surface area (Å²) < 4.78 is 20.4. The third kappa shape index (κ3) is 3.82. The molecule has 1 aliphatic carbocycles. The largest absolute Gasteiger partial charge is 0.471 e. The first kappa shape index (κ1) is 19.1. The van der Waals surface area contributed by atoms with Crippen molar-refractivity contribution in [2.45, 2.75) is 36.2 Å². The van der Waals surface area contributed by atoms with Gasteiger partial charge in [-0.3, -0.25) is 4.99 Å². The van der Waals surface area contributed by atoms with E-state index in [9.17, 15) is 0 Å². The Morgan fingerprint density at radius 3 is 2.85 bits per heavy atom. The van der Waals surface area contributed by atoms with Crippen LogP contribution in [0.4, 0.5) is 0 Å². The predicted molar refractivity (Wildman–Crippen MR) is 115 cm³/mol. The molecular formula is C18H21NO3S4. The van der Waals surface area contributed by atoms with Crippen LogP contribution in [0.1, 0.15) is 18.3 Å². The quantitative estimate of drug-likeness (QED) is 0.650. The monoisotopic (exact) mass is 427 g/mol. The van der Waals surface area contributed by atoms with Crippen molar-refractivity contribution in [1.82, 2.24) is 0 Å². The third-order valence-electron chi connectivity index (χ3n) is 4.93. The van der Waals surface area contributed by atoms with Gasteiger partial charge in [0.05, 0.1) is 17.9 Å². The zero-order valence-corrected chi connectivity index (χ0v) is 17.8. The van der Waals surface area contributed by atoms with E-state index in [-0.39, 0.29) is 35.7 Å². The number of aliphatic imine (C=N–C) groups is 1. The van der Waals surface area contributed by atoms with Crippen molar-refractivity contribution in [3.63, 3.8) is 0 Å². The van der Waals surface area contributed by atoms with Gasteiger partial charge in [0, 0.05) is 11.5 Å². The molecule has 8 heteroatoms. The molecule has 0 unspecified atom stereocenters. The smallest absolute Gasteiger partial charge is 0.220 e. The molecule has 0 radical (unpaired) electrons. The fourth-order valence-corrected chi connectivity index (χ4v) is 6.11. The molecule has 1 aromatic rings. The zero-order chi connectivity index (χ0) is 18.1. The molecule has 4 rings (SSSR count). The summed E-state index contributed by atoms with van der Waals surface area (Å²) in [6.45, 7) is 0.661. The highest BCUT2D eigenvalue weighted by Gasteiger charge is 2.53. The Labute approximate surface area is 172 Å². The molecule has 0 N–H and O–H groups in total. The summed E-state index contributed by atoms with van der Waals surface area (Å²) in [4.78, 5) is 4.88. The number of hydrogen-bond donors (Lipinski definition) is 0. The van der Waals surface area contributed by atoms with E-state index in [1.165, 1.54) is 11.8 Å². The molecule has 0 bridgehead atoms. The minimum Gasteiger partial charge on any atom is -0.471 e. The summed E-state index contributed by atoms with van der Waals surface area (Å²) in [6.07, 6.45) is 4.50. The first-order chi connectivity index (χ1) is 12.7. The predicted octanol–water partition coefficient (Wildman–Crippen LogP) is 4.36. The Balaban J connectivity index is 1.57. The maximum absolute atomic E-state index is 6.42. The van der Waals surface area contributed by atoms with Gasteiger partial charge in [-0.1, -0.05) is 53.9 Å². The SMILES string of the molecule is CSC(=S)O[C@H]1[C@@H]2O[C@H](c3ccccc3)OC[C@H]2C[C@@H]2N=C(SC)S[C@H]12. The molecule has 0 amide bonds. The van der Waals surface area contributed by atoms with Crippen LogP contribution in [-0.2, 0) is 14.2 Å². The first-order valence-electron chi connectivity index (χ1n) is 8.54. The van der Waals surface area contributed by atoms with Crippen LogP contribution < -0.4 is 0 Å². The van der Waals surface area contributed by atoms with E-state index in [2.05, 4.69) is 6.26 Å². The minimum absolute atomic E-state index is 0.0378. The van der Waals surface area contributed by atoms with Crippen molar-refractivity contribution in [2.75, 3.05) is 19.1 Å². The molecule has 140 valence electrons. The Hall–Kier alpha value is -0.250. The number of fused-ring (bicyclic) bond motifs is 2. The lowest BCUT2D eigenvalue weighted by atomic mass is 9.80. The topological polar surface area (TPSA) is 40.0 Å². The lowest BCUT2D eigenvalue weighted by Crippen LogP contribution is -2.56. The lowest BCUT2D eigenvalue weighted by Gasteiger charge is -2.46. The van der Waals surface area contributed by atoms with Gasteiger partial charge in [-0.05, 0) is 31.2 Å². The van der Waals surface area contributed by atoms with E-state index in [1.807, 2.05) is 36.6 Å². The van der Waals surface area contributed by atoms with Crippen LogP contribution in [0.5, 0.6) is 0 Å². The minimum atomic E-state index is -0.352. The van der Waals surface area contributed by atoms with Crippen molar-refractivity contribution in [3.05, 3.63) is 35.9 Å². The van der Waals surface area contributed by atoms with E-state index in [0.717, 1.165) is 16.4 Å². The van der Waals surface area contributed by atoms with Gasteiger partial charge in [-0.15, -0.1) is 11.8 Å². The Morgan fingerprint density at radius 2 is 2.12 bits per heavy atom. The van der Waals surface area contributed by atoms with E-state index in [0.29, 0.717) is 11.0 Å². The Bertz CT molecular complexity index is 686. The molecule has 26 heavy (non-hydrogen) atoms. The van der Waals surface area contributed by atoms with Crippen LogP contribution in [0.25, 0.3) is 0 Å². The molecular weight excluding hydrogens is 406 g/mol. The number of hydrogen-bond acceptors (Lipinski definition) is 8. The molecule has 6 atom stereocenters. The van der Waals surface area contributed by atoms with Crippen molar-refractivity contribution >= 4 is 56.3 Å². The van der Waals surface area contributed by atoms with Crippen LogP contribution in [0.15, 0.2) is 35.3 Å². The molecule has 2 aliphatic heterocycles. The van der Waals surface area contributed by atoms with Crippen LogP contribution >= 0.6 is 47.5 Å². The van der Waals surface area contributed by atoms with Crippen LogP contribution in [0.2, 0.25) is 0 Å². The summed E-state index contributed by atoms with van der Waals surface area (Å²) in [5, 5.41) is 0.248. The van der Waals surface area contributed by atoms with Crippen LogP contribution in [0, 0.1) is 5.92 Å². The van der Waals surface area contributed by atoms with Gasteiger partial charge in [0.1, 0.15) is 16.6 Å². The normalized spacial score (nSPS) is 36.0. The molecule has 1 aromatic carbocycles. The fraction of sp³-hybridized carbons (Fsp3) is 0.556. The number of ether oxygens (including phenoxy) is 3. The molecule has 4 nitrogen and oxygen atoms in total. The van der Waals surface area contributed by atoms with Gasteiger partial charge in [-0.2, -0.15) is 0 Å². The van der Waals surface area contributed by atoms with Gasteiger partial charge in [0.15, 0.2) is 6.29 Å². The highest BCUT2D eigenvalue weighted by atomic mass is 32.2. The zero-order valence-electron chi connectivity index (χ0n) is 14.6. The lowest BCUT2D eigenvalue weighted by molar-refractivity contribution is -0.267. The molecule has 3 aliphatic rings. The molecule has 0 spiro atoms. The highest BCUT2D eigenvalue weighted by molar-refractivity contribution is 8.39. The average molecular weight is 428 g/mol. The molecule has 2 heterocycles. The van der Waals surface area contributed by atoms with Crippen molar-refractivity contribution in [1.29, 1.82) is 0 Å². The second-order valence-electron chi connectivity index (χ2n) is 6.46. The first-order valence-corrected chi connectivity index (χ1v) is 12.3. The number of rotatable bonds is 2. The number of benzene rings is 1.